The number of carbonyl (C=O) groups is 2. The van der Waals surface area contributed by atoms with Crippen LogP contribution in [0.1, 0.15) is 47.8 Å². The maximum absolute atomic E-state index is 13.4. The minimum atomic E-state index is -4.03. The number of Topliss-reactive ketones (excluding diaryl/α,β-unsaturated/α-hetero) is 1. The highest BCUT2D eigenvalue weighted by atomic mass is 32.2. The quantitative estimate of drug-likeness (QED) is 0.162. The molecule has 0 radical (unpaired) electrons. The highest BCUT2D eigenvalue weighted by Crippen LogP contribution is 2.30. The van der Waals surface area contributed by atoms with Crippen LogP contribution in [0.25, 0.3) is 11.1 Å². The Balaban J connectivity index is 1.55. The molecular formula is C31H33N3O6S. The molecule has 41 heavy (non-hydrogen) atoms. The van der Waals surface area contributed by atoms with Crippen molar-refractivity contribution in [1.29, 1.82) is 0 Å². The van der Waals surface area contributed by atoms with Crippen LogP contribution in [0.3, 0.4) is 0 Å². The number of benzene rings is 3. The first-order valence-corrected chi connectivity index (χ1v) is 14.6. The average molecular weight is 576 g/mol. The van der Waals surface area contributed by atoms with Crippen molar-refractivity contribution in [2.75, 3.05) is 0 Å². The van der Waals surface area contributed by atoms with Crippen LogP contribution < -0.4 is 10.0 Å². The molecule has 0 saturated heterocycles. The van der Waals surface area contributed by atoms with E-state index in [1.54, 1.807) is 56.3 Å². The van der Waals surface area contributed by atoms with E-state index in [0.717, 1.165) is 11.1 Å². The van der Waals surface area contributed by atoms with Gasteiger partial charge in [0.05, 0.1) is 22.5 Å². The molecule has 0 fully saturated rings. The van der Waals surface area contributed by atoms with Gasteiger partial charge in [-0.05, 0) is 41.7 Å². The minimum Gasteiger partial charge on any atom is -0.494 e. The summed E-state index contributed by atoms with van der Waals surface area (Å²) in [5, 5.41) is 22.7. The van der Waals surface area contributed by atoms with E-state index in [1.165, 1.54) is 19.1 Å². The summed E-state index contributed by atoms with van der Waals surface area (Å²) in [6.45, 7) is 4.95. The van der Waals surface area contributed by atoms with Crippen LogP contribution >= 0.6 is 0 Å². The molecule has 1 heterocycles. The minimum absolute atomic E-state index is 0.0481. The highest BCUT2D eigenvalue weighted by Gasteiger charge is 2.32. The van der Waals surface area contributed by atoms with Crippen molar-refractivity contribution in [3.63, 3.8) is 0 Å². The number of sulfonamides is 1. The third-order valence-corrected chi connectivity index (χ3v) is 8.36. The number of hydrogen-bond donors (Lipinski definition) is 5. The van der Waals surface area contributed by atoms with Crippen molar-refractivity contribution in [2.24, 2.45) is 5.92 Å². The number of aromatic hydroxyl groups is 2. The van der Waals surface area contributed by atoms with E-state index in [0.29, 0.717) is 5.56 Å². The van der Waals surface area contributed by atoms with Gasteiger partial charge < -0.3 is 15.5 Å². The Kier molecular flexibility index (Phi) is 8.95. The van der Waals surface area contributed by atoms with Crippen LogP contribution in [-0.4, -0.2) is 41.3 Å². The predicted molar refractivity (Wildman–Crippen MR) is 156 cm³/mol. The smallest absolute Gasteiger partial charge is 0.241 e. The first kappa shape index (κ1) is 29.6. The van der Waals surface area contributed by atoms with Crippen LogP contribution in [-0.2, 0) is 14.8 Å². The number of H-pyrrole nitrogens is 1. The van der Waals surface area contributed by atoms with Gasteiger partial charge in [0.2, 0.25) is 21.8 Å². The summed E-state index contributed by atoms with van der Waals surface area (Å²) in [7, 11) is -4.03. The van der Waals surface area contributed by atoms with Gasteiger partial charge in [-0.1, -0.05) is 86.6 Å². The number of aromatic amines is 1. The Morgan fingerprint density at radius 2 is 1.39 bits per heavy atom. The van der Waals surface area contributed by atoms with Crippen LogP contribution in [0.2, 0.25) is 0 Å². The number of amides is 1. The summed E-state index contributed by atoms with van der Waals surface area (Å²) in [4.78, 5) is 28.9. The summed E-state index contributed by atoms with van der Waals surface area (Å²) in [5.41, 5.74) is 2.45. The topological polar surface area (TPSA) is 149 Å². The van der Waals surface area contributed by atoms with Crippen LogP contribution in [0.4, 0.5) is 0 Å². The summed E-state index contributed by atoms with van der Waals surface area (Å²) in [5.74, 6) is -2.33. The number of aromatic nitrogens is 1. The second-order valence-corrected chi connectivity index (χ2v) is 11.9. The molecule has 2 atom stereocenters. The van der Waals surface area contributed by atoms with Gasteiger partial charge in [0.1, 0.15) is 0 Å². The van der Waals surface area contributed by atoms with E-state index in [4.69, 9.17) is 0 Å². The zero-order valence-corrected chi connectivity index (χ0v) is 23.8. The number of hydrogen-bond acceptors (Lipinski definition) is 6. The van der Waals surface area contributed by atoms with Crippen molar-refractivity contribution in [2.45, 2.75) is 44.2 Å². The maximum Gasteiger partial charge on any atom is 0.241 e. The van der Waals surface area contributed by atoms with Crippen LogP contribution in [0.15, 0.2) is 89.8 Å². The Morgan fingerprint density at radius 3 is 1.93 bits per heavy atom. The molecule has 0 unspecified atom stereocenters. The number of rotatable bonds is 11. The van der Waals surface area contributed by atoms with E-state index in [9.17, 15) is 28.2 Å². The second-order valence-electron chi connectivity index (χ2n) is 10.2. The van der Waals surface area contributed by atoms with Gasteiger partial charge in [-0.3, -0.25) is 14.6 Å². The van der Waals surface area contributed by atoms with E-state index in [1.807, 2.05) is 30.3 Å². The molecule has 0 bridgehead atoms. The lowest BCUT2D eigenvalue weighted by Gasteiger charge is -2.24. The largest absolute Gasteiger partial charge is 0.494 e. The lowest BCUT2D eigenvalue weighted by Crippen LogP contribution is -2.45. The molecular weight excluding hydrogens is 542 g/mol. The summed E-state index contributed by atoms with van der Waals surface area (Å²) in [6.07, 6.45) is -0.287. The molecule has 0 spiro atoms. The summed E-state index contributed by atoms with van der Waals surface area (Å²) >= 11 is 0. The fraction of sp³-hybridized carbons (Fsp3) is 0.226. The van der Waals surface area contributed by atoms with E-state index in [2.05, 4.69) is 15.0 Å². The highest BCUT2D eigenvalue weighted by molar-refractivity contribution is 7.89. The maximum atomic E-state index is 13.4. The van der Waals surface area contributed by atoms with Gasteiger partial charge in [0.15, 0.2) is 11.7 Å². The first-order valence-electron chi connectivity index (χ1n) is 13.1. The summed E-state index contributed by atoms with van der Waals surface area (Å²) in [6, 6.07) is 22.8. The molecule has 0 aliphatic rings. The lowest BCUT2D eigenvalue weighted by molar-refractivity contribution is -0.122. The van der Waals surface area contributed by atoms with Crippen molar-refractivity contribution >= 4 is 21.7 Å². The van der Waals surface area contributed by atoms with Crippen molar-refractivity contribution in [1.82, 2.24) is 15.0 Å². The van der Waals surface area contributed by atoms with Crippen molar-refractivity contribution < 1.29 is 28.2 Å². The molecule has 5 N–H and O–H groups in total. The Hall–Kier alpha value is -4.41. The normalized spacial score (nSPS) is 13.1. The molecule has 214 valence electrons. The van der Waals surface area contributed by atoms with E-state index < -0.39 is 39.7 Å². The number of ketones is 1. The van der Waals surface area contributed by atoms with Gasteiger partial charge >= 0.3 is 0 Å². The second kappa shape index (κ2) is 12.4. The lowest BCUT2D eigenvalue weighted by atomic mass is 9.93. The van der Waals surface area contributed by atoms with Crippen LogP contribution in [0.5, 0.6) is 11.8 Å². The van der Waals surface area contributed by atoms with Gasteiger partial charge in [0, 0.05) is 12.0 Å². The fourth-order valence-corrected chi connectivity index (χ4v) is 5.82. The first-order chi connectivity index (χ1) is 19.5. The molecule has 4 rings (SSSR count). The molecule has 10 heteroatoms. The number of nitrogens with one attached hydrogen (secondary N) is 3. The van der Waals surface area contributed by atoms with Gasteiger partial charge in [-0.2, -0.15) is 0 Å². The molecule has 0 saturated carbocycles. The van der Waals surface area contributed by atoms with Crippen molar-refractivity contribution in [3.8, 4) is 22.9 Å². The molecule has 0 aliphatic heterocycles. The Labute approximate surface area is 239 Å². The SMILES string of the molecule is Cc1c(O)[nH]c(O)c1C(=O)[C@@H](NC(=O)C[C@H](NS(=O)(=O)c1ccc(-c2ccccc2)cc1)c1ccccc1)C(C)C. The van der Waals surface area contributed by atoms with Crippen molar-refractivity contribution in [3.05, 3.63) is 102 Å². The zero-order chi connectivity index (χ0) is 29.7. The zero-order valence-electron chi connectivity index (χ0n) is 23.0. The van der Waals surface area contributed by atoms with Gasteiger partial charge in [-0.15, -0.1) is 0 Å². The summed E-state index contributed by atoms with van der Waals surface area (Å²) < 4.78 is 29.4. The molecule has 0 aliphatic carbocycles. The third-order valence-electron chi connectivity index (χ3n) is 6.88. The predicted octanol–water partition coefficient (Wildman–Crippen LogP) is 4.83. The Bertz CT molecular complexity index is 1620. The van der Waals surface area contributed by atoms with Gasteiger partial charge in [-0.25, -0.2) is 13.1 Å². The standard InChI is InChI=1S/C31H33N3O6S/c1-19(2)28(29(36)27-20(3)30(37)33-31(27)38)32-26(35)18-25(23-12-8-5-9-13-23)34-41(39,40)24-16-14-22(15-17-24)21-10-6-4-7-11-21/h4-17,19,25,28,33-34,37-38H,18H2,1-3H3,(H,32,35)/t25-,28-/m0/s1. The molecule has 1 aromatic heterocycles. The fourth-order valence-electron chi connectivity index (χ4n) is 4.60. The molecule has 1 amide bonds. The monoisotopic (exact) mass is 575 g/mol. The molecule has 3 aromatic carbocycles. The van der Waals surface area contributed by atoms with E-state index in [-0.39, 0.29) is 34.2 Å². The third kappa shape index (κ3) is 6.85. The molecule has 4 aromatic rings. The van der Waals surface area contributed by atoms with E-state index >= 15 is 0 Å². The number of carbonyl (C=O) groups excluding carboxylic acids is 2. The Morgan fingerprint density at radius 1 is 0.829 bits per heavy atom. The van der Waals surface area contributed by atoms with Crippen LogP contribution in [0, 0.1) is 12.8 Å². The van der Waals surface area contributed by atoms with Gasteiger partial charge in [0.25, 0.3) is 0 Å². The molecule has 9 nitrogen and oxygen atoms in total. The average Bonchev–Trinajstić information content (AvgIpc) is 3.22.